The molecule has 0 amide bonds. The van der Waals surface area contributed by atoms with E-state index in [4.69, 9.17) is 4.74 Å². The minimum atomic E-state index is 0.580. The van der Waals surface area contributed by atoms with Gasteiger partial charge >= 0.3 is 0 Å². The van der Waals surface area contributed by atoms with Crippen molar-refractivity contribution in [1.82, 2.24) is 0 Å². The lowest BCUT2D eigenvalue weighted by Gasteiger charge is -2.09. The van der Waals surface area contributed by atoms with E-state index in [0.29, 0.717) is 6.61 Å². The lowest BCUT2D eigenvalue weighted by molar-refractivity contribution is 0.377. The SMILES string of the molecule is [c]1ccc2c(c1)N=CCO2. The van der Waals surface area contributed by atoms with Gasteiger partial charge in [-0.3, -0.25) is 4.99 Å². The van der Waals surface area contributed by atoms with Gasteiger partial charge < -0.3 is 4.74 Å². The summed E-state index contributed by atoms with van der Waals surface area (Å²) in [5.74, 6) is 0.848. The van der Waals surface area contributed by atoms with Gasteiger partial charge in [0.1, 0.15) is 18.0 Å². The minimum absolute atomic E-state index is 0.580. The van der Waals surface area contributed by atoms with Crippen molar-refractivity contribution < 1.29 is 4.74 Å². The molecule has 0 aliphatic carbocycles. The summed E-state index contributed by atoms with van der Waals surface area (Å²) in [6.07, 6.45) is 1.75. The maximum atomic E-state index is 5.25. The van der Waals surface area contributed by atoms with Gasteiger partial charge in [0.2, 0.25) is 0 Å². The highest BCUT2D eigenvalue weighted by molar-refractivity contribution is 5.70. The number of hydrogen-bond acceptors (Lipinski definition) is 2. The zero-order valence-corrected chi connectivity index (χ0v) is 5.37. The highest BCUT2D eigenvalue weighted by Crippen LogP contribution is 2.27. The third-order valence-corrected chi connectivity index (χ3v) is 1.35. The summed E-state index contributed by atoms with van der Waals surface area (Å²) in [6, 6.07) is 8.42. The molecule has 0 atom stereocenters. The summed E-state index contributed by atoms with van der Waals surface area (Å²) < 4.78 is 5.25. The molecular formula is C8H6NO. The van der Waals surface area contributed by atoms with Crippen LogP contribution in [0.3, 0.4) is 0 Å². The molecule has 49 valence electrons. The fraction of sp³-hybridized carbons (Fsp3) is 0.125. The molecule has 2 heteroatoms. The van der Waals surface area contributed by atoms with Crippen LogP contribution in [0.5, 0.6) is 5.75 Å². The summed E-state index contributed by atoms with van der Waals surface area (Å²) in [5.41, 5.74) is 0.869. The molecule has 0 saturated carbocycles. The van der Waals surface area contributed by atoms with Crippen molar-refractivity contribution in [3.05, 3.63) is 24.3 Å². The fourth-order valence-electron chi connectivity index (χ4n) is 0.893. The van der Waals surface area contributed by atoms with Crippen molar-refractivity contribution in [3.63, 3.8) is 0 Å². The lowest BCUT2D eigenvalue weighted by Crippen LogP contribution is -2.01. The molecule has 0 bridgehead atoms. The third-order valence-electron chi connectivity index (χ3n) is 1.35. The largest absolute Gasteiger partial charge is 0.486 e. The molecule has 0 saturated heterocycles. The standard InChI is InChI=1S/C8H6NO/c1-2-4-8-7(3-1)9-5-6-10-8/h2-5H,6H2. The molecule has 1 radical (unpaired) electrons. The van der Waals surface area contributed by atoms with Gasteiger partial charge in [-0.1, -0.05) is 6.07 Å². The second-order valence-electron chi connectivity index (χ2n) is 2.02. The van der Waals surface area contributed by atoms with Gasteiger partial charge in [-0.25, -0.2) is 0 Å². The second kappa shape index (κ2) is 2.14. The number of hydrogen-bond donors (Lipinski definition) is 0. The van der Waals surface area contributed by atoms with E-state index >= 15 is 0 Å². The Hall–Kier alpha value is -1.31. The van der Waals surface area contributed by atoms with Crippen LogP contribution in [-0.2, 0) is 0 Å². The van der Waals surface area contributed by atoms with Gasteiger partial charge in [0.05, 0.1) is 0 Å². The Balaban J connectivity index is 2.54. The molecule has 1 aliphatic rings. The molecule has 2 rings (SSSR count). The van der Waals surface area contributed by atoms with Gasteiger partial charge in [-0.15, -0.1) is 0 Å². The van der Waals surface area contributed by atoms with E-state index in [2.05, 4.69) is 11.1 Å². The van der Waals surface area contributed by atoms with Gasteiger partial charge in [-0.2, -0.15) is 0 Å². The Morgan fingerprint density at radius 2 is 2.60 bits per heavy atom. The number of ether oxygens (including phenoxy) is 1. The Morgan fingerprint density at radius 3 is 3.50 bits per heavy atom. The lowest BCUT2D eigenvalue weighted by atomic mass is 10.3. The van der Waals surface area contributed by atoms with Crippen molar-refractivity contribution >= 4 is 11.9 Å². The quantitative estimate of drug-likeness (QED) is 0.525. The number of aliphatic imine (C=N–C) groups is 1. The number of nitrogens with zero attached hydrogens (tertiary/aromatic N) is 1. The predicted octanol–water partition coefficient (Wildman–Crippen LogP) is 1.58. The molecule has 10 heavy (non-hydrogen) atoms. The first kappa shape index (κ1) is 5.47. The van der Waals surface area contributed by atoms with Gasteiger partial charge in [-0.05, 0) is 18.2 Å². The van der Waals surface area contributed by atoms with E-state index in [1.165, 1.54) is 0 Å². The molecule has 1 aromatic rings. The van der Waals surface area contributed by atoms with Crippen LogP contribution < -0.4 is 4.74 Å². The van der Waals surface area contributed by atoms with E-state index in [0.717, 1.165) is 11.4 Å². The maximum absolute atomic E-state index is 5.25. The summed E-state index contributed by atoms with van der Waals surface area (Å²) in [7, 11) is 0. The summed E-state index contributed by atoms with van der Waals surface area (Å²) in [4.78, 5) is 4.11. The van der Waals surface area contributed by atoms with Crippen LogP contribution in [0.15, 0.2) is 23.2 Å². The van der Waals surface area contributed by atoms with Crippen molar-refractivity contribution in [2.45, 2.75) is 0 Å². The fourth-order valence-corrected chi connectivity index (χ4v) is 0.893. The van der Waals surface area contributed by atoms with Crippen LogP contribution in [-0.4, -0.2) is 12.8 Å². The van der Waals surface area contributed by atoms with Crippen LogP contribution in [0.2, 0.25) is 0 Å². The van der Waals surface area contributed by atoms with Crippen LogP contribution in [0.25, 0.3) is 0 Å². The normalized spacial score (nSPS) is 14.0. The number of rotatable bonds is 0. The van der Waals surface area contributed by atoms with Gasteiger partial charge in [0.25, 0.3) is 0 Å². The van der Waals surface area contributed by atoms with Gasteiger partial charge in [0, 0.05) is 6.21 Å². The van der Waals surface area contributed by atoms with Gasteiger partial charge in [0.15, 0.2) is 0 Å². The van der Waals surface area contributed by atoms with E-state index in [1.54, 1.807) is 6.21 Å². The zero-order chi connectivity index (χ0) is 6.81. The van der Waals surface area contributed by atoms with Crippen LogP contribution in [0, 0.1) is 6.07 Å². The second-order valence-corrected chi connectivity index (χ2v) is 2.02. The smallest absolute Gasteiger partial charge is 0.145 e. The zero-order valence-electron chi connectivity index (χ0n) is 5.37. The Morgan fingerprint density at radius 1 is 1.60 bits per heavy atom. The molecule has 0 fully saturated rings. The first-order valence-electron chi connectivity index (χ1n) is 3.12. The van der Waals surface area contributed by atoms with E-state index < -0.39 is 0 Å². The van der Waals surface area contributed by atoms with Crippen LogP contribution in [0.4, 0.5) is 5.69 Å². The summed E-state index contributed by atoms with van der Waals surface area (Å²) in [6.45, 7) is 0.580. The number of benzene rings is 1. The number of fused-ring (bicyclic) bond motifs is 1. The predicted molar refractivity (Wildman–Crippen MR) is 38.9 cm³/mol. The third kappa shape index (κ3) is 0.778. The van der Waals surface area contributed by atoms with E-state index in [9.17, 15) is 0 Å². The van der Waals surface area contributed by atoms with Crippen molar-refractivity contribution in [3.8, 4) is 5.75 Å². The Kier molecular flexibility index (Phi) is 1.17. The topological polar surface area (TPSA) is 21.6 Å². The Bertz CT molecular complexity index is 268. The van der Waals surface area contributed by atoms with Crippen molar-refractivity contribution in [2.24, 2.45) is 4.99 Å². The molecule has 2 nitrogen and oxygen atoms in total. The molecule has 1 aliphatic heterocycles. The average molecular weight is 132 g/mol. The summed E-state index contributed by atoms with van der Waals surface area (Å²) >= 11 is 0. The highest BCUT2D eigenvalue weighted by atomic mass is 16.5. The first-order valence-corrected chi connectivity index (χ1v) is 3.12. The van der Waals surface area contributed by atoms with Crippen molar-refractivity contribution in [1.29, 1.82) is 0 Å². The van der Waals surface area contributed by atoms with E-state index in [-0.39, 0.29) is 0 Å². The molecule has 0 unspecified atom stereocenters. The highest BCUT2D eigenvalue weighted by Gasteiger charge is 2.02. The maximum Gasteiger partial charge on any atom is 0.145 e. The Labute approximate surface area is 59.2 Å². The molecule has 1 heterocycles. The van der Waals surface area contributed by atoms with E-state index in [1.807, 2.05) is 18.2 Å². The first-order chi connectivity index (χ1) is 4.97. The monoisotopic (exact) mass is 132 g/mol. The molecular weight excluding hydrogens is 126 g/mol. The molecule has 0 aromatic heterocycles. The summed E-state index contributed by atoms with van der Waals surface area (Å²) in [5, 5.41) is 0. The average Bonchev–Trinajstić information content (AvgIpc) is 2.05. The van der Waals surface area contributed by atoms with Crippen molar-refractivity contribution in [2.75, 3.05) is 6.61 Å². The van der Waals surface area contributed by atoms with Crippen LogP contribution >= 0.6 is 0 Å². The minimum Gasteiger partial charge on any atom is -0.486 e. The molecule has 0 spiro atoms. The molecule has 1 aromatic carbocycles. The van der Waals surface area contributed by atoms with Crippen LogP contribution in [0.1, 0.15) is 0 Å². The molecule has 0 N–H and O–H groups in total.